The third kappa shape index (κ3) is 6.48. The molecule has 0 bridgehead atoms. The van der Waals surface area contributed by atoms with Crippen LogP contribution in [0.15, 0.2) is 70.5 Å². The molecule has 0 amide bonds. The average Bonchev–Trinajstić information content (AvgIpc) is 3.28. The number of halogens is 3. The molecule has 1 aliphatic rings. The minimum absolute atomic E-state index is 0.143. The van der Waals surface area contributed by atoms with E-state index >= 15 is 0 Å². The van der Waals surface area contributed by atoms with Gasteiger partial charge in [0.05, 0.1) is 4.21 Å². The lowest BCUT2D eigenvalue weighted by atomic mass is 9.95. The van der Waals surface area contributed by atoms with Gasteiger partial charge in [-0.3, -0.25) is 4.98 Å². The van der Waals surface area contributed by atoms with Crippen molar-refractivity contribution in [2.24, 2.45) is 0 Å². The van der Waals surface area contributed by atoms with E-state index in [1.165, 1.54) is 21.9 Å². The number of thiophene rings is 1. The molecule has 1 N–H and O–H groups in total. The number of alkyl halides is 3. The van der Waals surface area contributed by atoms with E-state index in [9.17, 15) is 18.3 Å². The first-order valence-corrected chi connectivity index (χ1v) is 11.8. The first-order chi connectivity index (χ1) is 15.2. The Hall–Kier alpha value is -2.07. The molecule has 4 nitrogen and oxygen atoms in total. The van der Waals surface area contributed by atoms with Gasteiger partial charge in [-0.1, -0.05) is 18.2 Å². The number of nitrogens with zero attached hydrogens (tertiary/aromatic N) is 3. The molecule has 3 aromatic rings. The number of benzene rings is 1. The smallest absolute Gasteiger partial charge is 0.376 e. The van der Waals surface area contributed by atoms with Gasteiger partial charge in [0.2, 0.25) is 0 Å². The lowest BCUT2D eigenvalue weighted by molar-refractivity contribution is -0.258. The summed E-state index contributed by atoms with van der Waals surface area (Å²) in [5, 5.41) is 11.8. The number of rotatable bonds is 4. The van der Waals surface area contributed by atoms with Crippen LogP contribution in [-0.2, 0) is 5.60 Å². The van der Waals surface area contributed by atoms with Crippen LogP contribution in [0.5, 0.6) is 0 Å². The third-order valence-corrected chi connectivity index (χ3v) is 7.26. The summed E-state index contributed by atoms with van der Waals surface area (Å²) < 4.78 is 42.3. The second-order valence-corrected chi connectivity index (χ2v) is 9.93. The van der Waals surface area contributed by atoms with Gasteiger partial charge in [-0.15, -0.1) is 11.3 Å². The molecule has 3 heterocycles. The summed E-state index contributed by atoms with van der Waals surface area (Å²) in [5.74, 6) is 0. The van der Waals surface area contributed by atoms with Gasteiger partial charge in [0.15, 0.2) is 5.60 Å². The molecule has 1 fully saturated rings. The largest absolute Gasteiger partial charge is 0.421 e. The maximum Gasteiger partial charge on any atom is 0.421 e. The van der Waals surface area contributed by atoms with E-state index in [4.69, 9.17) is 0 Å². The lowest BCUT2D eigenvalue weighted by Gasteiger charge is -2.35. The van der Waals surface area contributed by atoms with Crippen molar-refractivity contribution >= 4 is 29.0 Å². The minimum atomic E-state index is -4.70. The molecule has 9 heteroatoms. The summed E-state index contributed by atoms with van der Waals surface area (Å²) in [5.41, 5.74) is -0.838. The summed E-state index contributed by atoms with van der Waals surface area (Å²) in [6, 6.07) is 14.1. The second kappa shape index (κ2) is 10.7. The molecule has 1 unspecified atom stereocenters. The van der Waals surface area contributed by atoms with E-state index in [1.54, 1.807) is 47.8 Å². The maximum atomic E-state index is 12.9. The second-order valence-electron chi connectivity index (χ2n) is 7.58. The van der Waals surface area contributed by atoms with Crippen molar-refractivity contribution in [3.05, 3.63) is 77.4 Å². The Morgan fingerprint density at radius 1 is 0.969 bits per heavy atom. The zero-order valence-corrected chi connectivity index (χ0v) is 19.6. The fourth-order valence-corrected chi connectivity index (χ4v) is 4.91. The Labute approximate surface area is 194 Å². The highest BCUT2D eigenvalue weighted by Gasteiger charge is 2.51. The number of piperazine rings is 1. The molecule has 1 saturated heterocycles. The third-order valence-electron chi connectivity index (χ3n) is 5.15. The van der Waals surface area contributed by atoms with E-state index in [0.717, 1.165) is 38.8 Å². The highest BCUT2D eigenvalue weighted by Crippen LogP contribution is 2.39. The highest BCUT2D eigenvalue weighted by molar-refractivity contribution is 7.98. The Kier molecular flexibility index (Phi) is 8.21. The van der Waals surface area contributed by atoms with Crippen molar-refractivity contribution in [2.75, 3.05) is 31.1 Å². The van der Waals surface area contributed by atoms with Crippen molar-refractivity contribution in [3.8, 4) is 0 Å². The molecular weight excluding hydrogens is 455 g/mol. The summed E-state index contributed by atoms with van der Waals surface area (Å²) in [6.07, 6.45) is -1.12. The molecule has 32 heavy (non-hydrogen) atoms. The predicted molar refractivity (Wildman–Crippen MR) is 125 cm³/mol. The maximum absolute atomic E-state index is 12.9. The molecule has 0 radical (unpaired) electrons. The molecule has 172 valence electrons. The predicted octanol–water partition coefficient (Wildman–Crippen LogP) is 5.74. The Morgan fingerprint density at radius 2 is 1.59 bits per heavy atom. The quantitative estimate of drug-likeness (QED) is 0.482. The number of aromatic nitrogens is 1. The summed E-state index contributed by atoms with van der Waals surface area (Å²) >= 11 is 3.46. The van der Waals surface area contributed by atoms with Gasteiger partial charge in [0.25, 0.3) is 0 Å². The van der Waals surface area contributed by atoms with Crippen molar-refractivity contribution < 1.29 is 18.3 Å². The van der Waals surface area contributed by atoms with Crippen LogP contribution in [0.3, 0.4) is 0 Å². The molecule has 4 rings (SSSR count). The van der Waals surface area contributed by atoms with Crippen LogP contribution in [0.2, 0.25) is 0 Å². The molecule has 1 atom stereocenters. The van der Waals surface area contributed by atoms with E-state index in [-0.39, 0.29) is 5.56 Å². The van der Waals surface area contributed by atoms with Gasteiger partial charge >= 0.3 is 6.18 Å². The zero-order valence-electron chi connectivity index (χ0n) is 17.9. The number of aliphatic hydroxyl groups is 1. The van der Waals surface area contributed by atoms with E-state index in [1.807, 2.05) is 25.1 Å². The van der Waals surface area contributed by atoms with Gasteiger partial charge in [-0.2, -0.15) is 13.2 Å². The van der Waals surface area contributed by atoms with Crippen molar-refractivity contribution in [3.63, 3.8) is 0 Å². The fourth-order valence-electron chi connectivity index (χ4n) is 3.07. The Balaban J connectivity index is 0.000000352. The van der Waals surface area contributed by atoms with Gasteiger partial charge in [-0.05, 0) is 72.6 Å². The molecule has 2 aromatic heterocycles. The Morgan fingerprint density at radius 3 is 2.06 bits per heavy atom. The molecule has 1 aromatic carbocycles. The molecule has 0 aliphatic carbocycles. The molecule has 0 spiro atoms. The van der Waals surface area contributed by atoms with E-state index in [2.05, 4.69) is 25.6 Å². The number of hydrogen-bond acceptors (Lipinski definition) is 6. The van der Waals surface area contributed by atoms with Crippen LogP contribution >= 0.6 is 23.3 Å². The first kappa shape index (κ1) is 24.6. The molecule has 0 saturated carbocycles. The Bertz CT molecular complexity index is 941. The van der Waals surface area contributed by atoms with Crippen molar-refractivity contribution in [1.29, 1.82) is 0 Å². The monoisotopic (exact) mass is 481 g/mol. The summed E-state index contributed by atoms with van der Waals surface area (Å²) in [6.45, 7) is 6.21. The normalized spacial score (nSPS) is 16.8. The SMILES string of the molecule is CC(O)(c1ccc(N2CCN(Sc3cccs3)CC2)cc1)C(F)(F)F.Cc1ccncc1. The topological polar surface area (TPSA) is 39.6 Å². The first-order valence-electron chi connectivity index (χ1n) is 10.1. The van der Waals surface area contributed by atoms with Crippen LogP contribution in [0.4, 0.5) is 18.9 Å². The minimum Gasteiger partial charge on any atom is -0.376 e. The number of aryl methyl sites for hydroxylation is 1. The van der Waals surface area contributed by atoms with Gasteiger partial charge < -0.3 is 10.0 Å². The lowest BCUT2D eigenvalue weighted by Crippen LogP contribution is -2.43. The van der Waals surface area contributed by atoms with Crippen molar-refractivity contribution in [1.82, 2.24) is 9.29 Å². The summed E-state index contributed by atoms with van der Waals surface area (Å²) in [7, 11) is 0. The van der Waals surface area contributed by atoms with E-state index < -0.39 is 11.8 Å². The van der Waals surface area contributed by atoms with Crippen LogP contribution in [0, 0.1) is 6.92 Å². The van der Waals surface area contributed by atoms with Gasteiger partial charge in [0, 0.05) is 44.3 Å². The van der Waals surface area contributed by atoms with Crippen LogP contribution in [0.1, 0.15) is 18.1 Å². The van der Waals surface area contributed by atoms with Crippen LogP contribution < -0.4 is 4.90 Å². The fraction of sp³-hybridized carbons (Fsp3) is 0.348. The highest BCUT2D eigenvalue weighted by atomic mass is 32.2. The number of hydrogen-bond donors (Lipinski definition) is 1. The van der Waals surface area contributed by atoms with Gasteiger partial charge in [-0.25, -0.2) is 4.31 Å². The van der Waals surface area contributed by atoms with E-state index in [0.29, 0.717) is 0 Å². The van der Waals surface area contributed by atoms with Crippen LogP contribution in [-0.4, -0.2) is 46.8 Å². The van der Waals surface area contributed by atoms with Crippen molar-refractivity contribution in [2.45, 2.75) is 29.8 Å². The number of anilines is 1. The molecular formula is C23H26F3N3OS2. The standard InChI is InChI=1S/C17H19F3N2OS2.C6H7N/c1-16(23,17(18,19)20)13-4-6-14(7-5-13)21-8-10-22(11-9-21)25-15-3-2-12-24-15;1-6-2-4-7-5-3-6/h2-7,12,23H,8-11H2,1H3;2-5H,1H3. The average molecular weight is 482 g/mol. The van der Waals surface area contributed by atoms with Crippen LogP contribution in [0.25, 0.3) is 0 Å². The molecule has 1 aliphatic heterocycles. The van der Waals surface area contributed by atoms with Gasteiger partial charge in [0.1, 0.15) is 0 Å². The summed E-state index contributed by atoms with van der Waals surface area (Å²) in [4.78, 5) is 6.00. The zero-order chi connectivity index (χ0) is 23.2. The number of pyridine rings is 1.